The zero-order chi connectivity index (χ0) is 19.6. The van der Waals surface area contributed by atoms with Gasteiger partial charge in [0.2, 0.25) is 0 Å². The molecule has 2 unspecified atom stereocenters. The largest absolute Gasteiger partial charge is 1.00 e. The molecule has 0 saturated heterocycles. The van der Waals surface area contributed by atoms with E-state index in [1.807, 2.05) is 42.1 Å². The van der Waals surface area contributed by atoms with Gasteiger partial charge in [-0.25, -0.2) is 9.89 Å². The van der Waals surface area contributed by atoms with Crippen molar-refractivity contribution in [1.29, 1.82) is 5.26 Å². The fourth-order valence-corrected chi connectivity index (χ4v) is 2.66. The fraction of sp³-hybridized carbons (Fsp3) is 0.238. The summed E-state index contributed by atoms with van der Waals surface area (Å²) in [6.07, 6.45) is 5.01. The maximum Gasteiger partial charge on any atom is 0.198 e. The lowest BCUT2D eigenvalue weighted by Gasteiger charge is -2.12. The molecule has 0 aliphatic carbocycles. The Morgan fingerprint density at radius 3 is 2.29 bits per heavy atom. The Labute approximate surface area is 193 Å². The minimum Gasteiger partial charge on any atom is -1.00 e. The van der Waals surface area contributed by atoms with Gasteiger partial charge in [0, 0.05) is 12.1 Å². The Bertz CT molecular complexity index is 843. The number of ether oxygens (including phenoxy) is 2. The molecule has 31 heavy (non-hydrogen) atoms. The molecule has 2 atom stereocenters. The number of hydrogen-bond donors (Lipinski definition) is 3. The van der Waals surface area contributed by atoms with E-state index in [1.165, 1.54) is 0 Å². The van der Waals surface area contributed by atoms with Crippen molar-refractivity contribution < 1.29 is 55.1 Å². The summed E-state index contributed by atoms with van der Waals surface area (Å²) in [4.78, 5) is 5.16. The summed E-state index contributed by atoms with van der Waals surface area (Å²) in [5, 5.41) is 20.8. The first-order valence-electron chi connectivity index (χ1n) is 9.17. The van der Waals surface area contributed by atoms with Gasteiger partial charge in [0.25, 0.3) is 0 Å². The topological polar surface area (TPSA) is 127 Å². The minimum absolute atomic E-state index is 0. The van der Waals surface area contributed by atoms with Crippen molar-refractivity contribution >= 4 is 12.0 Å². The second-order valence-corrected chi connectivity index (χ2v) is 6.34. The number of aliphatic hydroxyl groups excluding tert-OH is 1. The van der Waals surface area contributed by atoms with Gasteiger partial charge in [-0.3, -0.25) is 0 Å². The third kappa shape index (κ3) is 9.36. The molecule has 2 aromatic rings. The van der Waals surface area contributed by atoms with Crippen LogP contribution >= 0.6 is 0 Å². The molecule has 3 rings (SSSR count). The van der Waals surface area contributed by atoms with Crippen LogP contribution in [-0.2, 0) is 0 Å². The van der Waals surface area contributed by atoms with Gasteiger partial charge in [-0.15, -0.1) is 0 Å². The summed E-state index contributed by atoms with van der Waals surface area (Å²) in [5.41, 5.74) is 1.70. The molecular weight excluding hydrogens is 443 g/mol. The second kappa shape index (κ2) is 15.2. The van der Waals surface area contributed by atoms with Crippen molar-refractivity contribution in [2.45, 2.75) is 6.10 Å². The first kappa shape index (κ1) is 28.4. The van der Waals surface area contributed by atoms with E-state index in [0.29, 0.717) is 24.5 Å². The van der Waals surface area contributed by atoms with Gasteiger partial charge in [-0.1, -0.05) is 0 Å². The van der Waals surface area contributed by atoms with Crippen molar-refractivity contribution in [3.05, 3.63) is 66.5 Å². The average Bonchev–Trinajstić information content (AvgIpc) is 3.28. The summed E-state index contributed by atoms with van der Waals surface area (Å²) in [5.74, 6) is 1.46. The van der Waals surface area contributed by atoms with Crippen LogP contribution in [0.2, 0.25) is 0 Å². The summed E-state index contributed by atoms with van der Waals surface area (Å²) in [6.45, 7) is 2.03. The molecule has 0 fully saturated rings. The third-order valence-corrected chi connectivity index (χ3v) is 4.20. The summed E-state index contributed by atoms with van der Waals surface area (Å²) >= 11 is 0. The maximum absolute atomic E-state index is 9.99. The van der Waals surface area contributed by atoms with Crippen LogP contribution in [0.15, 0.2) is 65.9 Å². The Hall–Kier alpha value is -2.64. The standard InChI is InChI=1S/C21H22N4O3.2ClH.H2O/c22-13-17-1-5-21(6-2-17)28-15-19(26)14-23-10-12-27-20-7-3-18(4-8-20)25-11-9-24-16-25;;;/h1-9,11,16,19,23,26H,10,12,14-15H2;2*1H;1H2. The molecule has 8 nitrogen and oxygen atoms in total. The van der Waals surface area contributed by atoms with Crippen LogP contribution < -0.4 is 44.5 Å². The molecule has 6 N–H and O–H groups in total. The van der Waals surface area contributed by atoms with E-state index in [1.54, 1.807) is 30.5 Å². The van der Waals surface area contributed by atoms with Gasteiger partial charge in [0.05, 0.1) is 17.8 Å². The quantitative estimate of drug-likeness (QED) is 0.299. The molecule has 1 aliphatic rings. The Morgan fingerprint density at radius 1 is 1.03 bits per heavy atom. The summed E-state index contributed by atoms with van der Waals surface area (Å²) in [7, 11) is 0. The predicted molar refractivity (Wildman–Crippen MR) is 108 cm³/mol. The fourth-order valence-electron chi connectivity index (χ4n) is 2.66. The first-order chi connectivity index (χ1) is 13.7. The maximum atomic E-state index is 9.99. The molecule has 168 valence electrons. The molecule has 0 radical (unpaired) electrons. The van der Waals surface area contributed by atoms with Gasteiger partial charge in [0.15, 0.2) is 6.34 Å². The number of nitriles is 1. The average molecular weight is 469 g/mol. The molecule has 0 amide bonds. The van der Waals surface area contributed by atoms with Crippen molar-refractivity contribution in [2.75, 3.05) is 26.3 Å². The number of nitrogens with zero attached hydrogens (tertiary/aromatic N) is 2. The van der Waals surface area contributed by atoms with Crippen LogP contribution in [0, 0.1) is 11.3 Å². The number of aliphatic imine (C=N–C) groups is 1. The lowest BCUT2D eigenvalue weighted by molar-refractivity contribution is -0.661. The van der Waals surface area contributed by atoms with Crippen LogP contribution in [0.1, 0.15) is 5.56 Å². The first-order valence-corrected chi connectivity index (χ1v) is 9.17. The molecule has 10 heteroatoms. The van der Waals surface area contributed by atoms with Gasteiger partial charge in [0.1, 0.15) is 55.8 Å². The van der Waals surface area contributed by atoms with E-state index >= 15 is 0 Å². The number of benzene rings is 2. The number of hydrogen-bond acceptors (Lipinski definition) is 5. The van der Waals surface area contributed by atoms with Crippen LogP contribution in [0.3, 0.4) is 0 Å². The Morgan fingerprint density at radius 2 is 1.68 bits per heavy atom. The number of nitrogens with one attached hydrogen (secondary N) is 1. The molecule has 1 aliphatic heterocycles. The lowest BCUT2D eigenvalue weighted by atomic mass is 10.2. The van der Waals surface area contributed by atoms with Gasteiger partial charge < -0.3 is 50.2 Å². The Balaban J connectivity index is 0.00000300. The predicted octanol–water partition coefficient (Wildman–Crippen LogP) is -6.85. The number of aliphatic hydroxyl groups is 1. The smallest absolute Gasteiger partial charge is 0.198 e. The van der Waals surface area contributed by atoms with E-state index in [-0.39, 0.29) is 36.9 Å². The monoisotopic (exact) mass is 468 g/mol. The normalized spacial score (nSPS) is 14.4. The van der Waals surface area contributed by atoms with E-state index in [0.717, 1.165) is 22.9 Å². The highest BCUT2D eigenvalue weighted by Gasteiger charge is 2.10. The molecule has 0 saturated carbocycles. The van der Waals surface area contributed by atoms with Crippen LogP contribution in [0.4, 0.5) is 5.69 Å². The number of rotatable bonds is 10. The van der Waals surface area contributed by atoms with Crippen molar-refractivity contribution in [1.82, 2.24) is 0 Å². The van der Waals surface area contributed by atoms with Gasteiger partial charge in [-0.05, 0) is 36.4 Å². The van der Waals surface area contributed by atoms with Gasteiger partial charge in [-0.2, -0.15) is 5.26 Å². The summed E-state index contributed by atoms with van der Waals surface area (Å²) < 4.78 is 11.2. The minimum atomic E-state index is -0.576. The number of quaternary nitrogens is 2. The zero-order valence-corrected chi connectivity index (χ0v) is 18.3. The van der Waals surface area contributed by atoms with Gasteiger partial charge >= 0.3 is 0 Å². The lowest BCUT2D eigenvalue weighted by Crippen LogP contribution is -3.00. The summed E-state index contributed by atoms with van der Waals surface area (Å²) in [6, 6.07) is 16.8. The molecule has 0 aromatic heterocycles. The molecular formula is C21H26Cl2N4O4. The van der Waals surface area contributed by atoms with E-state index in [4.69, 9.17) is 14.7 Å². The number of nitrogens with two attached hydrogens (primary N) is 1. The van der Waals surface area contributed by atoms with E-state index in [2.05, 4.69) is 11.1 Å². The van der Waals surface area contributed by atoms with E-state index < -0.39 is 6.10 Å². The third-order valence-electron chi connectivity index (χ3n) is 4.20. The highest BCUT2D eigenvalue weighted by molar-refractivity contribution is 5.54. The van der Waals surface area contributed by atoms with Crippen LogP contribution in [0.5, 0.6) is 11.5 Å². The van der Waals surface area contributed by atoms with Crippen molar-refractivity contribution in [2.24, 2.45) is 4.99 Å². The highest BCUT2D eigenvalue weighted by Crippen LogP contribution is 2.13. The highest BCUT2D eigenvalue weighted by atomic mass is 35.5. The van der Waals surface area contributed by atoms with Crippen LogP contribution in [0.25, 0.3) is 0 Å². The molecule has 0 bridgehead atoms. The SMILES string of the molecule is N#Cc1ccc(OCC(O)C[NH2+]CCOc2ccc([NH+]3C=CN=C3)cc2)cc1.O.[Cl-].[Cl-]. The zero-order valence-electron chi connectivity index (χ0n) is 16.7. The van der Waals surface area contributed by atoms with Crippen molar-refractivity contribution in [3.63, 3.8) is 0 Å². The second-order valence-electron chi connectivity index (χ2n) is 6.34. The molecule has 1 heterocycles. The Kier molecular flexibility index (Phi) is 13.9. The molecule has 2 aromatic carbocycles. The van der Waals surface area contributed by atoms with E-state index in [9.17, 15) is 5.11 Å². The van der Waals surface area contributed by atoms with Crippen LogP contribution in [-0.4, -0.2) is 49.3 Å². The van der Waals surface area contributed by atoms with Crippen molar-refractivity contribution in [3.8, 4) is 17.6 Å². The molecule has 0 spiro atoms. The number of halogens is 2.